The summed E-state index contributed by atoms with van der Waals surface area (Å²) in [6, 6.07) is 7.59. The molecule has 0 aliphatic heterocycles. The molecule has 0 bridgehead atoms. The van der Waals surface area contributed by atoms with E-state index in [0.717, 1.165) is 11.1 Å². The van der Waals surface area contributed by atoms with E-state index < -0.39 is 5.97 Å². The van der Waals surface area contributed by atoms with Crippen molar-refractivity contribution in [2.75, 3.05) is 14.2 Å². The van der Waals surface area contributed by atoms with Crippen molar-refractivity contribution in [3.63, 3.8) is 0 Å². The van der Waals surface area contributed by atoms with E-state index in [0.29, 0.717) is 5.89 Å². The van der Waals surface area contributed by atoms with E-state index >= 15 is 0 Å². The van der Waals surface area contributed by atoms with Gasteiger partial charge in [0, 0.05) is 5.56 Å². The predicted octanol–water partition coefficient (Wildman–Crippen LogP) is 2.45. The molecule has 1 heterocycles. The number of carbonyl (C=O) groups is 1. The second-order valence-corrected chi connectivity index (χ2v) is 3.72. The van der Waals surface area contributed by atoms with Gasteiger partial charge in [-0.15, -0.1) is 0 Å². The number of ether oxygens (including phenoxy) is 2. The molecule has 0 saturated heterocycles. The van der Waals surface area contributed by atoms with Crippen LogP contribution < -0.4 is 4.74 Å². The second kappa shape index (κ2) is 4.91. The topological polar surface area (TPSA) is 61.6 Å². The first kappa shape index (κ1) is 12.2. The quantitative estimate of drug-likeness (QED) is 0.779. The molecule has 0 aliphatic rings. The predicted molar refractivity (Wildman–Crippen MR) is 64.6 cm³/mol. The Morgan fingerprint density at radius 1 is 1.22 bits per heavy atom. The molecule has 1 aromatic heterocycles. The van der Waals surface area contributed by atoms with Gasteiger partial charge in [0.1, 0.15) is 0 Å². The van der Waals surface area contributed by atoms with Crippen LogP contribution in [-0.2, 0) is 4.74 Å². The highest BCUT2D eigenvalue weighted by Gasteiger charge is 2.22. The molecule has 0 atom stereocenters. The van der Waals surface area contributed by atoms with Gasteiger partial charge in [-0.2, -0.15) is 4.98 Å². The van der Waals surface area contributed by atoms with Crippen LogP contribution >= 0.6 is 0 Å². The summed E-state index contributed by atoms with van der Waals surface area (Å²) >= 11 is 0. The maximum absolute atomic E-state index is 11.5. The van der Waals surface area contributed by atoms with Crippen molar-refractivity contribution in [2.45, 2.75) is 6.92 Å². The lowest BCUT2D eigenvalue weighted by molar-refractivity contribution is 0.0588. The van der Waals surface area contributed by atoms with Gasteiger partial charge in [-0.25, -0.2) is 4.79 Å². The molecule has 18 heavy (non-hydrogen) atoms. The number of oxazole rings is 1. The average molecular weight is 247 g/mol. The van der Waals surface area contributed by atoms with Gasteiger partial charge in [0.25, 0.3) is 0 Å². The molecular formula is C13H13NO4. The Hall–Kier alpha value is -2.30. The van der Waals surface area contributed by atoms with Crippen molar-refractivity contribution < 1.29 is 18.7 Å². The number of aromatic nitrogens is 1. The molecule has 0 amide bonds. The third-order valence-corrected chi connectivity index (χ3v) is 2.46. The smallest absolute Gasteiger partial charge is 0.364 e. The van der Waals surface area contributed by atoms with Crippen molar-refractivity contribution in [3.8, 4) is 17.4 Å². The highest BCUT2D eigenvalue weighted by Crippen LogP contribution is 2.27. The molecular weight excluding hydrogens is 234 g/mol. The summed E-state index contributed by atoms with van der Waals surface area (Å²) in [6.45, 7) is 1.99. The van der Waals surface area contributed by atoms with E-state index in [9.17, 15) is 4.79 Å². The molecule has 5 heteroatoms. The zero-order chi connectivity index (χ0) is 13.1. The van der Waals surface area contributed by atoms with Gasteiger partial charge in [0.05, 0.1) is 14.2 Å². The number of benzene rings is 1. The number of esters is 1. The molecule has 0 aliphatic carbocycles. The van der Waals surface area contributed by atoms with E-state index in [4.69, 9.17) is 9.15 Å². The van der Waals surface area contributed by atoms with Crippen LogP contribution in [0.4, 0.5) is 0 Å². The van der Waals surface area contributed by atoms with Gasteiger partial charge >= 0.3 is 11.9 Å². The van der Waals surface area contributed by atoms with E-state index in [-0.39, 0.29) is 11.6 Å². The number of aryl methyl sites for hydroxylation is 1. The van der Waals surface area contributed by atoms with E-state index in [1.807, 2.05) is 31.2 Å². The van der Waals surface area contributed by atoms with Crippen LogP contribution in [0.1, 0.15) is 16.1 Å². The molecule has 1 aromatic carbocycles. The normalized spacial score (nSPS) is 10.2. The fourth-order valence-corrected chi connectivity index (χ4v) is 1.49. The number of rotatable bonds is 3. The minimum absolute atomic E-state index is 0.0376. The van der Waals surface area contributed by atoms with Crippen LogP contribution in [0.25, 0.3) is 11.5 Å². The maximum atomic E-state index is 11.5. The van der Waals surface area contributed by atoms with Crippen LogP contribution in [0.3, 0.4) is 0 Å². The third kappa shape index (κ3) is 2.20. The van der Waals surface area contributed by atoms with Crippen LogP contribution in [0.2, 0.25) is 0 Å². The van der Waals surface area contributed by atoms with Crippen molar-refractivity contribution >= 4 is 5.97 Å². The summed E-state index contributed by atoms with van der Waals surface area (Å²) in [5.74, 6) is -0.210. The summed E-state index contributed by atoms with van der Waals surface area (Å²) in [6.07, 6.45) is 0. The SMILES string of the molecule is COC(=O)c1nc(-c2ccc(C)cc2)oc1OC. The van der Waals surface area contributed by atoms with Crippen LogP contribution in [0.5, 0.6) is 5.95 Å². The number of methoxy groups -OCH3 is 2. The lowest BCUT2D eigenvalue weighted by atomic mass is 10.1. The number of nitrogens with zero attached hydrogens (tertiary/aromatic N) is 1. The van der Waals surface area contributed by atoms with Gasteiger partial charge in [-0.3, -0.25) is 0 Å². The minimum atomic E-state index is -0.589. The molecule has 0 unspecified atom stereocenters. The van der Waals surface area contributed by atoms with Crippen LogP contribution in [0, 0.1) is 6.92 Å². The van der Waals surface area contributed by atoms with Crippen LogP contribution in [-0.4, -0.2) is 25.2 Å². The number of hydrogen-bond donors (Lipinski definition) is 0. The van der Waals surface area contributed by atoms with Crippen molar-refractivity contribution in [1.29, 1.82) is 0 Å². The Morgan fingerprint density at radius 3 is 2.44 bits per heavy atom. The van der Waals surface area contributed by atoms with Gasteiger partial charge in [0.15, 0.2) is 0 Å². The molecule has 2 rings (SSSR count). The first-order chi connectivity index (χ1) is 8.65. The lowest BCUT2D eigenvalue weighted by Gasteiger charge is -1.96. The Bertz CT molecular complexity index is 557. The van der Waals surface area contributed by atoms with E-state index in [1.165, 1.54) is 14.2 Å². The Kier molecular flexibility index (Phi) is 3.32. The van der Waals surface area contributed by atoms with Gasteiger partial charge < -0.3 is 13.9 Å². The highest BCUT2D eigenvalue weighted by molar-refractivity contribution is 5.90. The summed E-state index contributed by atoms with van der Waals surface area (Å²) in [7, 11) is 2.69. The molecule has 94 valence electrons. The highest BCUT2D eigenvalue weighted by atomic mass is 16.6. The minimum Gasteiger partial charge on any atom is -0.467 e. The monoisotopic (exact) mass is 247 g/mol. The fourth-order valence-electron chi connectivity index (χ4n) is 1.49. The van der Waals surface area contributed by atoms with Gasteiger partial charge in [0.2, 0.25) is 11.6 Å². The van der Waals surface area contributed by atoms with Gasteiger partial charge in [-0.1, -0.05) is 17.7 Å². The Labute approximate surface area is 104 Å². The van der Waals surface area contributed by atoms with Gasteiger partial charge in [-0.05, 0) is 19.1 Å². The van der Waals surface area contributed by atoms with E-state index in [1.54, 1.807) is 0 Å². The Balaban J connectivity index is 2.43. The Morgan fingerprint density at radius 2 is 1.89 bits per heavy atom. The van der Waals surface area contributed by atoms with E-state index in [2.05, 4.69) is 9.72 Å². The molecule has 0 saturated carbocycles. The number of carbonyl (C=O) groups excluding carboxylic acids is 1. The fraction of sp³-hybridized carbons (Fsp3) is 0.231. The average Bonchev–Trinajstić information content (AvgIpc) is 2.82. The second-order valence-electron chi connectivity index (χ2n) is 3.72. The summed E-state index contributed by atoms with van der Waals surface area (Å²) in [5.41, 5.74) is 1.94. The first-order valence-electron chi connectivity index (χ1n) is 5.36. The summed E-state index contributed by atoms with van der Waals surface area (Å²) in [4.78, 5) is 15.6. The van der Waals surface area contributed by atoms with Crippen molar-refractivity contribution in [1.82, 2.24) is 4.98 Å². The zero-order valence-corrected chi connectivity index (χ0v) is 10.4. The summed E-state index contributed by atoms with van der Waals surface area (Å²) in [5, 5.41) is 0. The molecule has 2 aromatic rings. The molecule has 5 nitrogen and oxygen atoms in total. The van der Waals surface area contributed by atoms with Crippen molar-refractivity contribution in [3.05, 3.63) is 35.5 Å². The van der Waals surface area contributed by atoms with Crippen molar-refractivity contribution in [2.24, 2.45) is 0 Å². The molecule has 0 fully saturated rings. The molecule has 0 radical (unpaired) electrons. The standard InChI is InChI=1S/C13H13NO4/c1-8-4-6-9(7-5-8)11-14-10(12(15)16-2)13(17-3)18-11/h4-7H,1-3H3. The molecule has 0 spiro atoms. The largest absolute Gasteiger partial charge is 0.467 e. The third-order valence-electron chi connectivity index (χ3n) is 2.46. The summed E-state index contributed by atoms with van der Waals surface area (Å²) < 4.78 is 14.9. The maximum Gasteiger partial charge on any atom is 0.364 e. The first-order valence-corrected chi connectivity index (χ1v) is 5.36. The zero-order valence-electron chi connectivity index (χ0n) is 10.4. The number of hydrogen-bond acceptors (Lipinski definition) is 5. The van der Waals surface area contributed by atoms with Crippen LogP contribution in [0.15, 0.2) is 28.7 Å². The molecule has 0 N–H and O–H groups in total. The lowest BCUT2D eigenvalue weighted by Crippen LogP contribution is -2.03.